The third-order valence-corrected chi connectivity index (χ3v) is 7.07. The van der Waals surface area contributed by atoms with E-state index in [1.807, 2.05) is 72.8 Å². The molecule has 34 heavy (non-hydrogen) atoms. The van der Waals surface area contributed by atoms with Gasteiger partial charge in [-0.2, -0.15) is 0 Å². The number of nitrogens with one attached hydrogen (secondary N) is 2. The third kappa shape index (κ3) is 5.44. The number of hydrogen-bond donors (Lipinski definition) is 2. The van der Waals surface area contributed by atoms with Gasteiger partial charge in [0, 0.05) is 18.7 Å². The average molecular weight is 475 g/mol. The number of ether oxygens (including phenoxy) is 1. The minimum Gasteiger partial charge on any atom is -0.495 e. The van der Waals surface area contributed by atoms with Crippen LogP contribution in [0.3, 0.4) is 0 Å². The maximum Gasteiger partial charge on any atom is 0.251 e. The van der Waals surface area contributed by atoms with E-state index in [1.54, 1.807) is 6.07 Å². The molecule has 0 fully saturated rings. The molecule has 174 valence electrons. The maximum absolute atomic E-state index is 13.0. The van der Waals surface area contributed by atoms with Crippen LogP contribution in [0.5, 0.6) is 5.75 Å². The zero-order valence-corrected chi connectivity index (χ0v) is 19.6. The van der Waals surface area contributed by atoms with E-state index >= 15 is 0 Å². The molecule has 4 aromatic rings. The summed E-state index contributed by atoms with van der Waals surface area (Å²) in [5.74, 6) is -0.186. The standard InChI is InChI=1S/C27H26N2O4S/c1-33-25-15-14-22(18-26(25)34(31,32)29-17-16-20-8-3-2-4-9-20)27(30)28-19-23-12-7-11-21-10-5-6-13-24(21)23/h2-15,18,29H,16-17,19H2,1H3,(H,28,30). The SMILES string of the molecule is COc1ccc(C(=O)NCc2cccc3ccccc23)cc1S(=O)(=O)NCCc1ccccc1. The van der Waals surface area contributed by atoms with E-state index in [0.29, 0.717) is 13.0 Å². The number of rotatable bonds is 9. The topological polar surface area (TPSA) is 84.5 Å². The van der Waals surface area contributed by atoms with Crippen LogP contribution in [0.25, 0.3) is 10.8 Å². The second-order valence-corrected chi connectivity index (χ2v) is 9.56. The van der Waals surface area contributed by atoms with Gasteiger partial charge >= 0.3 is 0 Å². The Morgan fingerprint density at radius 1 is 0.882 bits per heavy atom. The number of benzene rings is 4. The number of fused-ring (bicyclic) bond motifs is 1. The van der Waals surface area contributed by atoms with Gasteiger partial charge in [-0.1, -0.05) is 72.8 Å². The highest BCUT2D eigenvalue weighted by Gasteiger charge is 2.21. The largest absolute Gasteiger partial charge is 0.495 e. The van der Waals surface area contributed by atoms with Crippen molar-refractivity contribution >= 4 is 26.7 Å². The molecule has 0 aromatic heterocycles. The molecule has 0 saturated carbocycles. The number of sulfonamides is 1. The second-order valence-electron chi connectivity index (χ2n) is 7.82. The third-order valence-electron chi connectivity index (χ3n) is 5.58. The fraction of sp³-hybridized carbons (Fsp3) is 0.148. The smallest absolute Gasteiger partial charge is 0.251 e. The van der Waals surface area contributed by atoms with Crippen molar-refractivity contribution in [3.05, 3.63) is 108 Å². The van der Waals surface area contributed by atoms with E-state index in [-0.39, 0.29) is 28.7 Å². The summed E-state index contributed by atoms with van der Waals surface area (Å²) in [6.45, 7) is 0.552. The van der Waals surface area contributed by atoms with Gasteiger partial charge in [-0.15, -0.1) is 0 Å². The van der Waals surface area contributed by atoms with Gasteiger partial charge < -0.3 is 10.1 Å². The second kappa shape index (κ2) is 10.5. The molecular formula is C27H26N2O4S. The Kier molecular flexibility index (Phi) is 7.25. The molecule has 0 unspecified atom stereocenters. The summed E-state index contributed by atoms with van der Waals surface area (Å²) in [5.41, 5.74) is 2.25. The number of amides is 1. The fourth-order valence-corrected chi connectivity index (χ4v) is 5.03. The molecule has 4 rings (SSSR count). The summed E-state index contributed by atoms with van der Waals surface area (Å²) in [5, 5.41) is 5.05. The summed E-state index contributed by atoms with van der Waals surface area (Å²) < 4.78 is 33.8. The van der Waals surface area contributed by atoms with Gasteiger partial charge in [0.2, 0.25) is 10.0 Å². The number of hydrogen-bond acceptors (Lipinski definition) is 4. The minimum absolute atomic E-state index is 0.0686. The summed E-state index contributed by atoms with van der Waals surface area (Å²) in [7, 11) is -2.48. The van der Waals surface area contributed by atoms with Crippen molar-refractivity contribution < 1.29 is 17.9 Å². The predicted molar refractivity (Wildman–Crippen MR) is 133 cm³/mol. The van der Waals surface area contributed by atoms with Crippen molar-refractivity contribution in [1.82, 2.24) is 10.0 Å². The first kappa shape index (κ1) is 23.5. The molecule has 0 bridgehead atoms. The van der Waals surface area contributed by atoms with Crippen LogP contribution in [0.15, 0.2) is 95.9 Å². The average Bonchev–Trinajstić information content (AvgIpc) is 2.87. The van der Waals surface area contributed by atoms with Gasteiger partial charge in [-0.3, -0.25) is 4.79 Å². The highest BCUT2D eigenvalue weighted by Crippen LogP contribution is 2.25. The first-order valence-electron chi connectivity index (χ1n) is 10.9. The van der Waals surface area contributed by atoms with E-state index in [1.165, 1.54) is 19.2 Å². The Labute approximate surface area is 199 Å². The van der Waals surface area contributed by atoms with Gasteiger partial charge in [0.25, 0.3) is 5.91 Å². The molecule has 2 N–H and O–H groups in total. The molecule has 0 heterocycles. The van der Waals surface area contributed by atoms with Crippen LogP contribution in [-0.2, 0) is 23.0 Å². The van der Waals surface area contributed by atoms with E-state index in [2.05, 4.69) is 10.0 Å². The number of carbonyl (C=O) groups is 1. The maximum atomic E-state index is 13.0. The monoisotopic (exact) mass is 474 g/mol. The van der Waals surface area contributed by atoms with Gasteiger partial charge in [0.15, 0.2) is 0 Å². The van der Waals surface area contributed by atoms with Crippen LogP contribution in [0.2, 0.25) is 0 Å². The van der Waals surface area contributed by atoms with Gasteiger partial charge in [-0.25, -0.2) is 13.1 Å². The Morgan fingerprint density at radius 2 is 1.62 bits per heavy atom. The molecule has 0 saturated heterocycles. The Morgan fingerprint density at radius 3 is 2.41 bits per heavy atom. The molecule has 4 aromatic carbocycles. The van der Waals surface area contributed by atoms with E-state index < -0.39 is 10.0 Å². The Bertz CT molecular complexity index is 1400. The van der Waals surface area contributed by atoms with E-state index in [0.717, 1.165) is 21.9 Å². The zero-order valence-electron chi connectivity index (χ0n) is 18.8. The Balaban J connectivity index is 1.49. The normalized spacial score (nSPS) is 11.3. The number of methoxy groups -OCH3 is 1. The van der Waals surface area contributed by atoms with Gasteiger partial charge in [0.05, 0.1) is 7.11 Å². The van der Waals surface area contributed by atoms with Crippen molar-refractivity contribution in [2.45, 2.75) is 17.9 Å². The fourth-order valence-electron chi connectivity index (χ4n) is 3.80. The summed E-state index contributed by atoms with van der Waals surface area (Å²) >= 11 is 0. The lowest BCUT2D eigenvalue weighted by atomic mass is 10.0. The summed E-state index contributed by atoms with van der Waals surface area (Å²) in [4.78, 5) is 12.8. The van der Waals surface area contributed by atoms with Crippen LogP contribution < -0.4 is 14.8 Å². The lowest BCUT2D eigenvalue weighted by Gasteiger charge is -2.13. The number of carbonyl (C=O) groups excluding carboxylic acids is 1. The van der Waals surface area contributed by atoms with Gasteiger partial charge in [0.1, 0.15) is 10.6 Å². The molecule has 1 amide bonds. The molecule has 6 nitrogen and oxygen atoms in total. The molecule has 7 heteroatoms. The molecule has 0 aliphatic carbocycles. The Hall–Kier alpha value is -3.68. The predicted octanol–water partition coefficient (Wildman–Crippen LogP) is 4.30. The summed E-state index contributed by atoms with van der Waals surface area (Å²) in [6.07, 6.45) is 0.549. The van der Waals surface area contributed by atoms with Crippen LogP contribution in [0, 0.1) is 0 Å². The summed E-state index contributed by atoms with van der Waals surface area (Å²) in [6, 6.07) is 27.9. The molecule has 0 aliphatic rings. The van der Waals surface area contributed by atoms with Crippen LogP contribution >= 0.6 is 0 Å². The minimum atomic E-state index is -3.88. The van der Waals surface area contributed by atoms with Crippen molar-refractivity contribution in [1.29, 1.82) is 0 Å². The van der Waals surface area contributed by atoms with Crippen LogP contribution in [0.1, 0.15) is 21.5 Å². The highest BCUT2D eigenvalue weighted by atomic mass is 32.2. The molecular weight excluding hydrogens is 448 g/mol. The molecule has 0 aliphatic heterocycles. The molecule has 0 atom stereocenters. The lowest BCUT2D eigenvalue weighted by Crippen LogP contribution is -2.27. The quantitative estimate of drug-likeness (QED) is 0.379. The first-order valence-corrected chi connectivity index (χ1v) is 12.4. The van der Waals surface area contributed by atoms with E-state index in [9.17, 15) is 13.2 Å². The highest BCUT2D eigenvalue weighted by molar-refractivity contribution is 7.89. The molecule has 0 spiro atoms. The van der Waals surface area contributed by atoms with Crippen molar-refractivity contribution in [2.24, 2.45) is 0 Å². The molecule has 0 radical (unpaired) electrons. The van der Waals surface area contributed by atoms with Crippen molar-refractivity contribution in [3.63, 3.8) is 0 Å². The van der Waals surface area contributed by atoms with Crippen molar-refractivity contribution in [3.8, 4) is 5.75 Å². The van der Waals surface area contributed by atoms with Crippen LogP contribution in [-0.4, -0.2) is 28.0 Å². The first-order chi connectivity index (χ1) is 16.5. The lowest BCUT2D eigenvalue weighted by molar-refractivity contribution is 0.0951. The zero-order chi connectivity index (χ0) is 24.0. The van der Waals surface area contributed by atoms with Crippen LogP contribution in [0.4, 0.5) is 0 Å². The van der Waals surface area contributed by atoms with Crippen molar-refractivity contribution in [2.75, 3.05) is 13.7 Å². The van der Waals surface area contributed by atoms with Gasteiger partial charge in [-0.05, 0) is 46.5 Å². The van der Waals surface area contributed by atoms with E-state index in [4.69, 9.17) is 4.74 Å².